The van der Waals surface area contributed by atoms with Crippen LogP contribution in [0.15, 0.2) is 18.2 Å². The van der Waals surface area contributed by atoms with Crippen LogP contribution >= 0.6 is 0 Å². The number of ether oxygens (including phenoxy) is 2. The highest BCUT2D eigenvalue weighted by Gasteiger charge is 2.26. The molecule has 2 rings (SSSR count). The lowest BCUT2D eigenvalue weighted by Crippen LogP contribution is -2.28. The van der Waals surface area contributed by atoms with Gasteiger partial charge in [-0.25, -0.2) is 4.79 Å². The first kappa shape index (κ1) is 18.3. The number of nitrogens with one attached hydrogen (secondary N) is 1. The Kier molecular flexibility index (Phi) is 6.20. The Morgan fingerprint density at radius 3 is 2.67 bits per heavy atom. The van der Waals surface area contributed by atoms with Crippen molar-refractivity contribution in [1.82, 2.24) is 0 Å². The largest absolute Gasteiger partial charge is 0.489 e. The quantitative estimate of drug-likeness (QED) is 0.781. The molecular weight excluding hydrogens is 308 g/mol. The van der Waals surface area contributed by atoms with Crippen LogP contribution in [0.2, 0.25) is 0 Å². The average Bonchev–Trinajstić information content (AvgIpc) is 2.92. The fourth-order valence-electron chi connectivity index (χ4n) is 2.99. The maximum atomic E-state index is 12.4. The van der Waals surface area contributed by atoms with Crippen LogP contribution in [0.3, 0.4) is 0 Å². The van der Waals surface area contributed by atoms with Crippen LogP contribution in [0.1, 0.15) is 49.9 Å². The number of hydrogen-bond acceptors (Lipinski definition) is 5. The van der Waals surface area contributed by atoms with Gasteiger partial charge in [-0.05, 0) is 50.8 Å². The second kappa shape index (κ2) is 8.15. The van der Waals surface area contributed by atoms with Gasteiger partial charge in [0.05, 0.1) is 24.5 Å². The van der Waals surface area contributed by atoms with E-state index in [4.69, 9.17) is 15.2 Å². The molecule has 1 aromatic rings. The summed E-state index contributed by atoms with van der Waals surface area (Å²) < 4.78 is 10.4. The van der Waals surface area contributed by atoms with Gasteiger partial charge in [-0.2, -0.15) is 0 Å². The van der Waals surface area contributed by atoms with Gasteiger partial charge in [0.15, 0.2) is 0 Å². The molecular formula is C18H26N2O4. The molecule has 132 valence electrons. The monoisotopic (exact) mass is 334 g/mol. The molecule has 6 heteroatoms. The van der Waals surface area contributed by atoms with Gasteiger partial charge in [0.2, 0.25) is 5.91 Å². The van der Waals surface area contributed by atoms with Gasteiger partial charge in [-0.3, -0.25) is 4.79 Å². The number of benzene rings is 1. The molecule has 0 unspecified atom stereocenters. The zero-order valence-corrected chi connectivity index (χ0v) is 14.5. The third kappa shape index (κ3) is 4.71. The highest BCUT2D eigenvalue weighted by molar-refractivity contribution is 5.96. The summed E-state index contributed by atoms with van der Waals surface area (Å²) in [5.41, 5.74) is 6.87. The van der Waals surface area contributed by atoms with Crippen molar-refractivity contribution in [2.45, 2.75) is 51.7 Å². The van der Waals surface area contributed by atoms with Crippen molar-refractivity contribution in [1.29, 1.82) is 0 Å². The first-order valence-corrected chi connectivity index (χ1v) is 8.35. The van der Waals surface area contributed by atoms with E-state index >= 15 is 0 Å². The van der Waals surface area contributed by atoms with E-state index < -0.39 is 5.97 Å². The molecule has 0 heterocycles. The van der Waals surface area contributed by atoms with Crippen molar-refractivity contribution in [3.63, 3.8) is 0 Å². The number of hydrogen-bond donors (Lipinski definition) is 2. The van der Waals surface area contributed by atoms with Gasteiger partial charge in [-0.1, -0.05) is 6.42 Å². The van der Waals surface area contributed by atoms with E-state index in [2.05, 4.69) is 5.32 Å². The number of anilines is 1. The van der Waals surface area contributed by atoms with Crippen LogP contribution < -0.4 is 15.8 Å². The van der Waals surface area contributed by atoms with Crippen molar-refractivity contribution in [2.75, 3.05) is 12.4 Å². The number of esters is 1. The topological polar surface area (TPSA) is 90.6 Å². The maximum absolute atomic E-state index is 12.4. The van der Waals surface area contributed by atoms with Crippen molar-refractivity contribution < 1.29 is 19.1 Å². The Balaban J connectivity index is 2.15. The van der Waals surface area contributed by atoms with Gasteiger partial charge in [-0.15, -0.1) is 0 Å². The number of amides is 1. The molecule has 0 radical (unpaired) electrons. The molecule has 3 N–H and O–H groups in total. The molecule has 1 amide bonds. The SMILES string of the molecule is COC(=O)c1ccc(OC(C)C)c(NC(=O)C[C@@H]2CCC[C@H]2N)c1. The summed E-state index contributed by atoms with van der Waals surface area (Å²) in [6.07, 6.45) is 3.35. The maximum Gasteiger partial charge on any atom is 0.337 e. The number of nitrogens with two attached hydrogens (primary N) is 1. The summed E-state index contributed by atoms with van der Waals surface area (Å²) in [5, 5.41) is 2.86. The third-order valence-corrected chi connectivity index (χ3v) is 4.20. The highest BCUT2D eigenvalue weighted by atomic mass is 16.5. The van der Waals surface area contributed by atoms with Gasteiger partial charge in [0.1, 0.15) is 5.75 Å². The zero-order valence-electron chi connectivity index (χ0n) is 14.5. The van der Waals surface area contributed by atoms with E-state index in [0.717, 1.165) is 19.3 Å². The first-order valence-electron chi connectivity index (χ1n) is 8.35. The summed E-state index contributed by atoms with van der Waals surface area (Å²) in [4.78, 5) is 24.1. The third-order valence-electron chi connectivity index (χ3n) is 4.20. The fraction of sp³-hybridized carbons (Fsp3) is 0.556. The van der Waals surface area contributed by atoms with Crippen molar-refractivity contribution in [3.8, 4) is 5.75 Å². The van der Waals surface area contributed by atoms with Crippen LogP contribution in [-0.4, -0.2) is 31.1 Å². The molecule has 24 heavy (non-hydrogen) atoms. The minimum atomic E-state index is -0.459. The van der Waals surface area contributed by atoms with E-state index in [-0.39, 0.29) is 24.0 Å². The number of rotatable bonds is 6. The molecule has 0 bridgehead atoms. The van der Waals surface area contributed by atoms with E-state index in [9.17, 15) is 9.59 Å². The van der Waals surface area contributed by atoms with E-state index in [1.54, 1.807) is 18.2 Å². The predicted octanol–water partition coefficient (Wildman–Crippen LogP) is 2.72. The minimum absolute atomic E-state index is 0.0483. The molecule has 1 aliphatic rings. The van der Waals surface area contributed by atoms with Crippen LogP contribution in [0, 0.1) is 5.92 Å². The van der Waals surface area contributed by atoms with Crippen LogP contribution in [0.25, 0.3) is 0 Å². The van der Waals surface area contributed by atoms with Gasteiger partial charge < -0.3 is 20.5 Å². The standard InChI is InChI=1S/C18H26N2O4/c1-11(2)24-16-8-7-13(18(22)23-3)9-15(16)20-17(21)10-12-5-4-6-14(12)19/h7-9,11-12,14H,4-6,10,19H2,1-3H3,(H,20,21)/t12-,14+/m0/s1. The van der Waals surface area contributed by atoms with E-state index in [1.807, 2.05) is 13.8 Å². The second-order valence-electron chi connectivity index (χ2n) is 6.48. The summed E-state index contributed by atoms with van der Waals surface area (Å²) in [6, 6.07) is 4.95. The Labute approximate surface area is 142 Å². The zero-order chi connectivity index (χ0) is 17.7. The van der Waals surface area contributed by atoms with E-state index in [1.165, 1.54) is 7.11 Å². The van der Waals surface area contributed by atoms with Gasteiger partial charge >= 0.3 is 5.97 Å². The molecule has 1 aromatic carbocycles. The van der Waals surface area contributed by atoms with Crippen LogP contribution in [0.5, 0.6) is 5.75 Å². The lowest BCUT2D eigenvalue weighted by molar-refractivity contribution is -0.117. The molecule has 6 nitrogen and oxygen atoms in total. The summed E-state index contributed by atoms with van der Waals surface area (Å²) in [5.74, 6) is 0.164. The van der Waals surface area contributed by atoms with Crippen molar-refractivity contribution in [2.24, 2.45) is 11.7 Å². The van der Waals surface area contributed by atoms with Crippen molar-refractivity contribution >= 4 is 17.6 Å². The minimum Gasteiger partial charge on any atom is -0.489 e. The molecule has 0 aliphatic heterocycles. The smallest absolute Gasteiger partial charge is 0.337 e. The highest BCUT2D eigenvalue weighted by Crippen LogP contribution is 2.30. The molecule has 0 saturated heterocycles. The average molecular weight is 334 g/mol. The Bertz CT molecular complexity index is 601. The first-order chi connectivity index (χ1) is 11.4. The lowest BCUT2D eigenvalue weighted by Gasteiger charge is -2.18. The summed E-state index contributed by atoms with van der Waals surface area (Å²) >= 11 is 0. The normalized spacial score (nSPS) is 20.0. The number of carbonyl (C=O) groups excluding carboxylic acids is 2. The van der Waals surface area contributed by atoms with E-state index in [0.29, 0.717) is 23.4 Å². The van der Waals surface area contributed by atoms with Crippen molar-refractivity contribution in [3.05, 3.63) is 23.8 Å². The molecule has 1 saturated carbocycles. The predicted molar refractivity (Wildman–Crippen MR) is 92.1 cm³/mol. The van der Waals surface area contributed by atoms with Gasteiger partial charge in [0, 0.05) is 12.5 Å². The van der Waals surface area contributed by atoms with Gasteiger partial charge in [0.25, 0.3) is 0 Å². The summed E-state index contributed by atoms with van der Waals surface area (Å²) in [7, 11) is 1.32. The molecule has 1 fully saturated rings. The number of carbonyl (C=O) groups is 2. The molecule has 2 atom stereocenters. The molecule has 0 aromatic heterocycles. The Hall–Kier alpha value is -2.08. The number of methoxy groups -OCH3 is 1. The second-order valence-corrected chi connectivity index (χ2v) is 6.48. The Morgan fingerprint density at radius 1 is 1.33 bits per heavy atom. The fourth-order valence-corrected chi connectivity index (χ4v) is 2.99. The Morgan fingerprint density at radius 2 is 2.08 bits per heavy atom. The molecule has 0 spiro atoms. The van der Waals surface area contributed by atoms with Crippen LogP contribution in [0.4, 0.5) is 5.69 Å². The van der Waals surface area contributed by atoms with Crippen LogP contribution in [-0.2, 0) is 9.53 Å². The molecule has 1 aliphatic carbocycles. The lowest BCUT2D eigenvalue weighted by atomic mass is 10.00. The summed E-state index contributed by atoms with van der Waals surface area (Å²) in [6.45, 7) is 3.80.